The molecule has 2 N–H and O–H groups in total. The molecule has 1 atom stereocenters. The van der Waals surface area contributed by atoms with Crippen LogP contribution < -0.4 is 5.32 Å². The van der Waals surface area contributed by atoms with Crippen LogP contribution in [0, 0.1) is 5.82 Å². The highest BCUT2D eigenvalue weighted by atomic mass is 19.1. The smallest absolute Gasteiger partial charge is 0.179 e. The summed E-state index contributed by atoms with van der Waals surface area (Å²) in [6.45, 7) is 2.12. The summed E-state index contributed by atoms with van der Waals surface area (Å²) in [6, 6.07) is 13.2. The number of halogens is 1. The number of hydrogen-bond acceptors (Lipinski definition) is 3. The third kappa shape index (κ3) is 4.67. The van der Waals surface area contributed by atoms with E-state index in [9.17, 15) is 14.3 Å². The molecule has 3 nitrogen and oxygen atoms in total. The van der Waals surface area contributed by atoms with Crippen molar-refractivity contribution in [2.24, 2.45) is 0 Å². The van der Waals surface area contributed by atoms with Gasteiger partial charge < -0.3 is 10.4 Å². The Hall–Kier alpha value is -2.20. The highest BCUT2D eigenvalue weighted by molar-refractivity contribution is 5.97. The predicted octanol–water partition coefficient (Wildman–Crippen LogP) is 3.32. The van der Waals surface area contributed by atoms with Crippen molar-refractivity contribution in [3.05, 3.63) is 65.5 Å². The summed E-state index contributed by atoms with van der Waals surface area (Å²) in [6.07, 6.45) is 1.71. The van der Waals surface area contributed by atoms with Gasteiger partial charge in [0.05, 0.1) is 12.1 Å². The van der Waals surface area contributed by atoms with Crippen LogP contribution in [0.1, 0.15) is 29.3 Å². The van der Waals surface area contributed by atoms with E-state index in [1.54, 1.807) is 24.3 Å². The number of aryl methyl sites for hydroxylation is 1. The second-order valence-electron chi connectivity index (χ2n) is 5.39. The van der Waals surface area contributed by atoms with Gasteiger partial charge in [0, 0.05) is 6.04 Å². The first-order valence-corrected chi connectivity index (χ1v) is 7.35. The second-order valence-corrected chi connectivity index (χ2v) is 5.39. The maximum atomic E-state index is 13.5. The molecule has 0 aliphatic carbocycles. The normalized spacial score (nSPS) is 12.1. The Bertz CT molecular complexity index is 625. The molecule has 1 unspecified atom stereocenters. The van der Waals surface area contributed by atoms with Gasteiger partial charge in [-0.15, -0.1) is 0 Å². The molecule has 0 saturated carbocycles. The first-order chi connectivity index (χ1) is 10.6. The molecule has 22 heavy (non-hydrogen) atoms. The Morgan fingerprint density at radius 1 is 1.18 bits per heavy atom. The molecule has 0 amide bonds. The summed E-state index contributed by atoms with van der Waals surface area (Å²) in [5.74, 6) is -0.467. The van der Waals surface area contributed by atoms with Crippen LogP contribution in [0.4, 0.5) is 4.39 Å². The van der Waals surface area contributed by atoms with E-state index in [4.69, 9.17) is 0 Å². The van der Waals surface area contributed by atoms with E-state index in [-0.39, 0.29) is 29.7 Å². The Kier molecular flexibility index (Phi) is 5.67. The van der Waals surface area contributed by atoms with Crippen LogP contribution >= 0.6 is 0 Å². The fourth-order valence-corrected chi connectivity index (χ4v) is 2.20. The van der Waals surface area contributed by atoms with E-state index < -0.39 is 5.82 Å². The minimum Gasteiger partial charge on any atom is -0.508 e. The zero-order valence-electron chi connectivity index (χ0n) is 12.6. The van der Waals surface area contributed by atoms with Crippen LogP contribution in [0.2, 0.25) is 0 Å². The van der Waals surface area contributed by atoms with Crippen LogP contribution in [0.15, 0.2) is 48.5 Å². The van der Waals surface area contributed by atoms with Gasteiger partial charge in [0.15, 0.2) is 5.78 Å². The van der Waals surface area contributed by atoms with E-state index in [0.29, 0.717) is 0 Å². The van der Waals surface area contributed by atoms with E-state index in [2.05, 4.69) is 5.32 Å². The zero-order chi connectivity index (χ0) is 15.9. The number of rotatable bonds is 7. The second kappa shape index (κ2) is 7.71. The maximum Gasteiger partial charge on any atom is 0.179 e. The van der Waals surface area contributed by atoms with Gasteiger partial charge in [-0.2, -0.15) is 0 Å². The third-order valence-corrected chi connectivity index (χ3v) is 3.59. The summed E-state index contributed by atoms with van der Waals surface area (Å²) < 4.78 is 13.5. The maximum absolute atomic E-state index is 13.5. The molecule has 2 aromatic rings. The number of Topliss-reactive ketones (excluding diaryl/α,β-unsaturated/α-hetero) is 1. The van der Waals surface area contributed by atoms with Crippen LogP contribution in [0.25, 0.3) is 0 Å². The molecular formula is C18H20FNO2. The average Bonchev–Trinajstić information content (AvgIpc) is 2.52. The van der Waals surface area contributed by atoms with Crippen molar-refractivity contribution < 1.29 is 14.3 Å². The number of benzene rings is 2. The van der Waals surface area contributed by atoms with Crippen molar-refractivity contribution in [1.29, 1.82) is 0 Å². The summed E-state index contributed by atoms with van der Waals surface area (Å²) in [5.41, 5.74) is 1.26. The van der Waals surface area contributed by atoms with Crippen LogP contribution in [0.5, 0.6) is 5.75 Å². The summed E-state index contributed by atoms with van der Waals surface area (Å²) in [5, 5.41) is 12.4. The minimum atomic E-state index is -0.481. The zero-order valence-corrected chi connectivity index (χ0v) is 12.6. The van der Waals surface area contributed by atoms with Crippen molar-refractivity contribution in [3.63, 3.8) is 0 Å². The van der Waals surface area contributed by atoms with E-state index >= 15 is 0 Å². The SMILES string of the molecule is CC(CCc1ccc(O)cc1)NCC(=O)c1ccccc1F. The van der Waals surface area contributed by atoms with Gasteiger partial charge in [0.1, 0.15) is 11.6 Å². The number of carbonyl (C=O) groups excluding carboxylic acids is 1. The van der Waals surface area contributed by atoms with Gasteiger partial charge in [-0.25, -0.2) is 4.39 Å². The lowest BCUT2D eigenvalue weighted by Crippen LogP contribution is -2.32. The van der Waals surface area contributed by atoms with Crippen molar-refractivity contribution in [3.8, 4) is 5.75 Å². The van der Waals surface area contributed by atoms with E-state index in [0.717, 1.165) is 18.4 Å². The molecule has 0 spiro atoms. The largest absolute Gasteiger partial charge is 0.508 e. The van der Waals surface area contributed by atoms with Crippen molar-refractivity contribution in [2.45, 2.75) is 25.8 Å². The van der Waals surface area contributed by atoms with Gasteiger partial charge in [-0.1, -0.05) is 24.3 Å². The van der Waals surface area contributed by atoms with Crippen molar-refractivity contribution >= 4 is 5.78 Å². The number of carbonyl (C=O) groups is 1. The van der Waals surface area contributed by atoms with Crippen LogP contribution in [0.3, 0.4) is 0 Å². The molecule has 2 rings (SSSR count). The molecule has 2 aromatic carbocycles. The lowest BCUT2D eigenvalue weighted by atomic mass is 10.1. The van der Waals surface area contributed by atoms with Crippen molar-refractivity contribution in [1.82, 2.24) is 5.32 Å². The first-order valence-electron chi connectivity index (χ1n) is 7.35. The van der Waals surface area contributed by atoms with E-state index in [1.807, 2.05) is 19.1 Å². The molecule has 4 heteroatoms. The standard InChI is InChI=1S/C18H20FNO2/c1-13(6-7-14-8-10-15(21)11-9-14)20-12-18(22)16-4-2-3-5-17(16)19/h2-5,8-11,13,20-21H,6-7,12H2,1H3. The quantitative estimate of drug-likeness (QED) is 0.771. The molecule has 116 valence electrons. The minimum absolute atomic E-state index is 0.123. The average molecular weight is 301 g/mol. The first kappa shape index (κ1) is 16.2. The lowest BCUT2D eigenvalue weighted by molar-refractivity contribution is 0.0983. The predicted molar refractivity (Wildman–Crippen MR) is 84.6 cm³/mol. The topological polar surface area (TPSA) is 49.3 Å². The molecule has 0 aliphatic heterocycles. The number of aromatic hydroxyl groups is 1. The van der Waals surface area contributed by atoms with Crippen LogP contribution in [-0.2, 0) is 6.42 Å². The molecule has 0 aliphatic rings. The number of nitrogens with one attached hydrogen (secondary N) is 1. The van der Waals surface area contributed by atoms with Gasteiger partial charge in [-0.05, 0) is 49.6 Å². The molecule has 0 heterocycles. The molecule has 0 saturated heterocycles. The Morgan fingerprint density at radius 3 is 2.55 bits per heavy atom. The molecule has 0 aromatic heterocycles. The fourth-order valence-electron chi connectivity index (χ4n) is 2.20. The number of ketones is 1. The number of phenols is 1. The van der Waals surface area contributed by atoms with Gasteiger partial charge >= 0.3 is 0 Å². The van der Waals surface area contributed by atoms with Gasteiger partial charge in [0.2, 0.25) is 0 Å². The Morgan fingerprint density at radius 2 is 1.86 bits per heavy atom. The van der Waals surface area contributed by atoms with Gasteiger partial charge in [-0.3, -0.25) is 4.79 Å². The van der Waals surface area contributed by atoms with E-state index in [1.165, 1.54) is 12.1 Å². The number of hydrogen-bond donors (Lipinski definition) is 2. The summed E-state index contributed by atoms with van der Waals surface area (Å²) in [4.78, 5) is 12.0. The lowest BCUT2D eigenvalue weighted by Gasteiger charge is -2.13. The summed E-state index contributed by atoms with van der Waals surface area (Å²) in [7, 11) is 0. The van der Waals surface area contributed by atoms with Crippen LogP contribution in [-0.4, -0.2) is 23.5 Å². The molecule has 0 bridgehead atoms. The number of phenolic OH excluding ortho intramolecular Hbond substituents is 1. The Balaban J connectivity index is 1.78. The molecular weight excluding hydrogens is 281 g/mol. The molecule has 0 fully saturated rings. The summed E-state index contributed by atoms with van der Waals surface area (Å²) >= 11 is 0. The highest BCUT2D eigenvalue weighted by Gasteiger charge is 2.12. The Labute approximate surface area is 129 Å². The third-order valence-electron chi connectivity index (χ3n) is 3.59. The monoisotopic (exact) mass is 301 g/mol. The van der Waals surface area contributed by atoms with Crippen molar-refractivity contribution in [2.75, 3.05) is 6.54 Å². The van der Waals surface area contributed by atoms with Gasteiger partial charge in [0.25, 0.3) is 0 Å². The molecule has 0 radical (unpaired) electrons. The fraction of sp³-hybridized carbons (Fsp3) is 0.278. The highest BCUT2D eigenvalue weighted by Crippen LogP contribution is 2.12.